The first-order valence-corrected chi connectivity index (χ1v) is 11.0. The molecule has 0 bridgehead atoms. The van der Waals surface area contributed by atoms with E-state index < -0.39 is 35.2 Å². The first-order valence-electron chi connectivity index (χ1n) is 11.0. The highest BCUT2D eigenvalue weighted by Crippen LogP contribution is 2.14. The molecule has 0 radical (unpaired) electrons. The quantitative estimate of drug-likeness (QED) is 0.388. The summed E-state index contributed by atoms with van der Waals surface area (Å²) in [7, 11) is 0. The molecule has 0 aliphatic heterocycles. The van der Waals surface area contributed by atoms with Crippen molar-refractivity contribution in [3.05, 3.63) is 98.5 Å². The third-order valence-electron chi connectivity index (χ3n) is 5.35. The molecule has 0 fully saturated rings. The number of rotatable bonds is 7. The molecular formula is C24H24N6O5. The summed E-state index contributed by atoms with van der Waals surface area (Å²) >= 11 is 0. The van der Waals surface area contributed by atoms with E-state index in [1.54, 1.807) is 44.2 Å². The Morgan fingerprint density at radius 3 is 2.49 bits per heavy atom. The van der Waals surface area contributed by atoms with Crippen molar-refractivity contribution in [2.24, 2.45) is 5.92 Å². The van der Waals surface area contributed by atoms with Gasteiger partial charge in [-0.25, -0.2) is 24.2 Å². The number of carbonyl (C=O) groups excluding carboxylic acids is 2. The molecule has 2 aromatic carbocycles. The summed E-state index contributed by atoms with van der Waals surface area (Å²) in [4.78, 5) is 51.0. The zero-order valence-electron chi connectivity index (χ0n) is 19.4. The molecule has 1 atom stereocenters. The van der Waals surface area contributed by atoms with E-state index in [4.69, 9.17) is 4.42 Å². The van der Waals surface area contributed by atoms with Gasteiger partial charge in [-0.15, -0.1) is 10.2 Å². The van der Waals surface area contributed by atoms with Crippen LogP contribution in [0.5, 0.6) is 0 Å². The van der Waals surface area contributed by atoms with E-state index >= 15 is 0 Å². The zero-order valence-corrected chi connectivity index (χ0v) is 19.4. The summed E-state index contributed by atoms with van der Waals surface area (Å²) in [5.74, 6) is -1.04. The third kappa shape index (κ3) is 5.03. The van der Waals surface area contributed by atoms with Gasteiger partial charge in [0, 0.05) is 0 Å². The average Bonchev–Trinajstić information content (AvgIpc) is 3.41. The molecule has 0 aliphatic carbocycles. The Kier molecular flexibility index (Phi) is 6.58. The number of Topliss-reactive ketones (excluding diaryl/α,β-unsaturated/α-hetero) is 1. The minimum absolute atomic E-state index is 0.250. The van der Waals surface area contributed by atoms with Crippen LogP contribution in [0.15, 0.2) is 68.6 Å². The molecule has 180 valence electrons. The second kappa shape index (κ2) is 9.75. The van der Waals surface area contributed by atoms with E-state index in [2.05, 4.69) is 20.6 Å². The molecule has 0 aliphatic rings. The highest BCUT2D eigenvalue weighted by molar-refractivity contribution is 5.98. The van der Waals surface area contributed by atoms with Crippen molar-refractivity contribution in [3.8, 4) is 5.69 Å². The number of para-hydroxylation sites is 1. The largest absolute Gasteiger partial charge is 0.418 e. The second-order valence-corrected chi connectivity index (χ2v) is 8.41. The molecule has 0 spiro atoms. The Bertz CT molecular complexity index is 1480. The van der Waals surface area contributed by atoms with Gasteiger partial charge in [0.25, 0.3) is 5.89 Å². The number of aromatic amines is 1. The number of ketones is 1. The summed E-state index contributed by atoms with van der Waals surface area (Å²) < 4.78 is 6.90. The molecule has 11 nitrogen and oxygen atoms in total. The van der Waals surface area contributed by atoms with E-state index in [1.165, 1.54) is 0 Å². The van der Waals surface area contributed by atoms with Crippen molar-refractivity contribution < 1.29 is 14.0 Å². The fraction of sp³-hybridized carbons (Fsp3) is 0.250. The zero-order chi connectivity index (χ0) is 25.1. The number of nitrogens with zero attached hydrogens (tertiary/aromatic N) is 4. The van der Waals surface area contributed by atoms with Crippen LogP contribution in [0, 0.1) is 12.8 Å². The summed E-state index contributed by atoms with van der Waals surface area (Å²) in [6, 6.07) is 13.9. The molecular weight excluding hydrogens is 452 g/mol. The minimum atomic E-state index is -1.11. The lowest BCUT2D eigenvalue weighted by Gasteiger charge is -2.18. The van der Waals surface area contributed by atoms with Gasteiger partial charge >= 0.3 is 17.4 Å². The van der Waals surface area contributed by atoms with Gasteiger partial charge in [-0.05, 0) is 30.5 Å². The van der Waals surface area contributed by atoms with Crippen LogP contribution >= 0.6 is 0 Å². The predicted octanol–water partition coefficient (Wildman–Crippen LogP) is 2.07. The number of aryl methyl sites for hydroxylation is 1. The number of aromatic nitrogens is 5. The number of hydrogen-bond donors (Lipinski definition) is 2. The smallest absolute Gasteiger partial charge is 0.360 e. The molecule has 11 heteroatoms. The predicted molar refractivity (Wildman–Crippen MR) is 126 cm³/mol. The lowest BCUT2D eigenvalue weighted by atomic mass is 10.00. The van der Waals surface area contributed by atoms with Crippen LogP contribution in [0.2, 0.25) is 0 Å². The van der Waals surface area contributed by atoms with Crippen molar-refractivity contribution in [1.82, 2.24) is 29.9 Å². The molecule has 2 heterocycles. The fourth-order valence-electron chi connectivity index (χ4n) is 3.60. The Labute approximate surface area is 199 Å². The topological polar surface area (TPSA) is 145 Å². The number of amides is 1. The minimum Gasteiger partial charge on any atom is -0.418 e. The molecule has 1 amide bonds. The van der Waals surface area contributed by atoms with Crippen LogP contribution < -0.4 is 16.7 Å². The average molecular weight is 476 g/mol. The van der Waals surface area contributed by atoms with Gasteiger partial charge < -0.3 is 9.73 Å². The van der Waals surface area contributed by atoms with Crippen LogP contribution in [-0.4, -0.2) is 42.4 Å². The van der Waals surface area contributed by atoms with E-state index in [1.807, 2.05) is 31.2 Å². The van der Waals surface area contributed by atoms with Crippen molar-refractivity contribution >= 4 is 11.8 Å². The third-order valence-corrected chi connectivity index (χ3v) is 5.35. The maximum Gasteiger partial charge on any atom is 0.360 e. The van der Waals surface area contributed by atoms with Gasteiger partial charge in [0.15, 0.2) is 0 Å². The van der Waals surface area contributed by atoms with E-state index in [9.17, 15) is 19.2 Å². The van der Waals surface area contributed by atoms with Crippen molar-refractivity contribution in [2.45, 2.75) is 33.2 Å². The Morgan fingerprint density at radius 1 is 1.06 bits per heavy atom. The van der Waals surface area contributed by atoms with Gasteiger partial charge in [-0.1, -0.05) is 61.9 Å². The van der Waals surface area contributed by atoms with Crippen molar-refractivity contribution in [1.29, 1.82) is 0 Å². The van der Waals surface area contributed by atoms with Gasteiger partial charge in [0.1, 0.15) is 6.04 Å². The summed E-state index contributed by atoms with van der Waals surface area (Å²) in [5.41, 5.74) is 0.566. The Morgan fingerprint density at radius 2 is 1.80 bits per heavy atom. The molecule has 35 heavy (non-hydrogen) atoms. The lowest BCUT2D eigenvalue weighted by molar-refractivity contribution is 0.0884. The molecule has 4 aromatic rings. The van der Waals surface area contributed by atoms with Gasteiger partial charge in [0.05, 0.1) is 12.1 Å². The second-order valence-electron chi connectivity index (χ2n) is 8.41. The lowest BCUT2D eigenvalue weighted by Crippen LogP contribution is -2.50. The van der Waals surface area contributed by atoms with E-state index in [0.29, 0.717) is 16.7 Å². The summed E-state index contributed by atoms with van der Waals surface area (Å²) in [6.07, 6.45) is 0.346. The summed E-state index contributed by atoms with van der Waals surface area (Å²) in [5, 5.41) is 12.6. The number of benzene rings is 2. The highest BCUT2D eigenvalue weighted by Gasteiger charge is 2.31. The van der Waals surface area contributed by atoms with E-state index in [0.717, 1.165) is 15.8 Å². The first kappa shape index (κ1) is 23.6. The van der Waals surface area contributed by atoms with Crippen LogP contribution in [0.4, 0.5) is 4.79 Å². The van der Waals surface area contributed by atoms with Gasteiger partial charge in [0.2, 0.25) is 11.7 Å². The Hall–Kier alpha value is -4.54. The molecule has 0 saturated carbocycles. The van der Waals surface area contributed by atoms with Crippen molar-refractivity contribution in [2.75, 3.05) is 0 Å². The van der Waals surface area contributed by atoms with Crippen molar-refractivity contribution in [3.63, 3.8) is 0 Å². The maximum atomic E-state index is 13.1. The van der Waals surface area contributed by atoms with E-state index in [-0.39, 0.29) is 11.8 Å². The molecule has 0 unspecified atom stereocenters. The monoisotopic (exact) mass is 476 g/mol. The highest BCUT2D eigenvalue weighted by atomic mass is 16.4. The summed E-state index contributed by atoms with van der Waals surface area (Å²) in [6.45, 7) is 5.37. The fourth-order valence-corrected chi connectivity index (χ4v) is 3.60. The molecule has 2 N–H and O–H groups in total. The number of H-pyrrole nitrogens is 1. The number of nitrogens with one attached hydrogen (secondary N) is 2. The first-order chi connectivity index (χ1) is 16.7. The number of carbonyl (C=O) groups is 2. The molecule has 2 aromatic heterocycles. The SMILES string of the molecule is Cc1cccc(Cc2nnc(C(=O)[C@@H](NC(=O)n3c(=O)[nH]n(-c4ccccc4)c3=O)C(C)C)o2)c1. The van der Waals surface area contributed by atoms with Gasteiger partial charge in [-0.2, -0.15) is 4.57 Å². The standard InChI is InChI=1S/C24H24N6O5/c1-14(2)19(20(31)21-27-26-18(35-21)13-16-9-7-8-15(3)12-16)25-22(32)29-23(33)28-30(24(29)34)17-10-5-4-6-11-17/h4-12,14,19H,13H2,1-3H3,(H,25,32)(H,28,33)/t19-/m0/s1. The van der Waals surface area contributed by atoms with Crippen LogP contribution in [0.3, 0.4) is 0 Å². The van der Waals surface area contributed by atoms with Crippen LogP contribution in [-0.2, 0) is 6.42 Å². The van der Waals surface area contributed by atoms with Crippen LogP contribution in [0.25, 0.3) is 5.69 Å². The molecule has 0 saturated heterocycles. The maximum absolute atomic E-state index is 13.1. The Balaban J connectivity index is 1.54. The molecule has 4 rings (SSSR count). The normalized spacial score (nSPS) is 12.0. The van der Waals surface area contributed by atoms with Gasteiger partial charge in [-0.3, -0.25) is 4.79 Å². The van der Waals surface area contributed by atoms with Crippen LogP contribution in [0.1, 0.15) is 41.6 Å². The number of hydrogen-bond acceptors (Lipinski definition) is 7.